The molecule has 0 amide bonds. The van der Waals surface area contributed by atoms with Crippen LogP contribution >= 0.6 is 0 Å². The second-order valence-corrected chi connectivity index (χ2v) is 14.3. The van der Waals surface area contributed by atoms with Crippen LogP contribution in [0.2, 0.25) is 0 Å². The maximum atomic E-state index is 13.5. The molecular formula is C31H48O6. The fourth-order valence-electron chi connectivity index (χ4n) is 11.3. The van der Waals surface area contributed by atoms with Gasteiger partial charge < -0.3 is 14.2 Å². The van der Waals surface area contributed by atoms with E-state index in [2.05, 4.69) is 34.6 Å². The first-order valence-corrected chi connectivity index (χ1v) is 14.8. The van der Waals surface area contributed by atoms with Gasteiger partial charge in [0.05, 0.1) is 5.92 Å². The Balaban J connectivity index is 1.65. The van der Waals surface area contributed by atoms with E-state index >= 15 is 0 Å². The molecule has 0 N–H and O–H groups in total. The van der Waals surface area contributed by atoms with Crippen LogP contribution in [-0.4, -0.2) is 36.2 Å². The molecule has 208 valence electrons. The van der Waals surface area contributed by atoms with Gasteiger partial charge in [0, 0.05) is 25.2 Å². The molecule has 0 radical (unpaired) electrons. The summed E-state index contributed by atoms with van der Waals surface area (Å²) in [6.07, 6.45) is 7.60. The van der Waals surface area contributed by atoms with Crippen LogP contribution in [0.3, 0.4) is 0 Å². The minimum absolute atomic E-state index is 0.0435. The molecule has 5 fully saturated rings. The van der Waals surface area contributed by atoms with E-state index < -0.39 is 11.3 Å². The van der Waals surface area contributed by atoms with Crippen molar-refractivity contribution in [3.63, 3.8) is 0 Å². The van der Waals surface area contributed by atoms with Gasteiger partial charge in [0.2, 0.25) is 0 Å². The number of hydrogen-bond acceptors (Lipinski definition) is 6. The monoisotopic (exact) mass is 516 g/mol. The fourth-order valence-corrected chi connectivity index (χ4v) is 11.3. The third-order valence-corrected chi connectivity index (χ3v) is 12.8. The van der Waals surface area contributed by atoms with E-state index in [1.807, 2.05) is 6.92 Å². The molecule has 0 aromatic heterocycles. The summed E-state index contributed by atoms with van der Waals surface area (Å²) in [6, 6.07) is 0. The average molecular weight is 517 g/mol. The minimum atomic E-state index is -0.563. The molecule has 12 atom stereocenters. The number of rotatable bonds is 3. The van der Waals surface area contributed by atoms with Crippen molar-refractivity contribution in [3.05, 3.63) is 0 Å². The number of hydrogen-bond donors (Lipinski definition) is 0. The summed E-state index contributed by atoms with van der Waals surface area (Å²) in [7, 11) is 0. The Kier molecular flexibility index (Phi) is 6.35. The Hall–Kier alpha value is -1.59. The van der Waals surface area contributed by atoms with Crippen molar-refractivity contribution in [2.24, 2.45) is 51.2 Å². The number of carbonyl (C=O) groups excluding carboxylic acids is 3. The largest absolute Gasteiger partial charge is 0.462 e. The lowest BCUT2D eigenvalue weighted by molar-refractivity contribution is -0.264. The minimum Gasteiger partial charge on any atom is -0.462 e. The predicted molar refractivity (Wildman–Crippen MR) is 139 cm³/mol. The molecule has 37 heavy (non-hydrogen) atoms. The number of esters is 3. The zero-order valence-corrected chi connectivity index (χ0v) is 24.2. The second kappa shape index (κ2) is 8.71. The Labute approximate surface area is 222 Å². The predicted octanol–water partition coefficient (Wildman–Crippen LogP) is 6.10. The van der Waals surface area contributed by atoms with Crippen LogP contribution in [0.4, 0.5) is 0 Å². The zero-order chi connectivity index (χ0) is 27.1. The van der Waals surface area contributed by atoms with Crippen LogP contribution in [0.15, 0.2) is 0 Å². The molecule has 1 aliphatic heterocycles. The number of carbonyl (C=O) groups is 3. The number of fused-ring (bicyclic) bond motifs is 7. The maximum Gasteiger partial charge on any atom is 0.310 e. The average Bonchev–Trinajstić information content (AvgIpc) is 3.11. The normalized spacial score (nSPS) is 52.6. The summed E-state index contributed by atoms with van der Waals surface area (Å²) in [6.45, 7) is 16.8. The van der Waals surface area contributed by atoms with Crippen molar-refractivity contribution in [3.8, 4) is 0 Å². The summed E-state index contributed by atoms with van der Waals surface area (Å²) >= 11 is 0. The topological polar surface area (TPSA) is 78.9 Å². The quantitative estimate of drug-likeness (QED) is 0.333. The number of ether oxygens (including phenoxy) is 3. The van der Waals surface area contributed by atoms with Gasteiger partial charge in [0.15, 0.2) is 0 Å². The van der Waals surface area contributed by atoms with Crippen molar-refractivity contribution in [1.82, 2.24) is 0 Å². The van der Waals surface area contributed by atoms with Crippen LogP contribution in [0.5, 0.6) is 0 Å². The standard InChI is InChI=1S/C31H48O6/c1-9-28(5)12-10-13-29(6)21(28)11-14-30(7)22(29)16-24(37-19(4)33)31(8)23(30)15-20(36-18(3)32)25-17(2)35-27(34)26(25)31/h17,20-26H,9-16H2,1-8H3/t17?,20-,21-,22+,23-,24-,25+,26+,28-,29-,30+,31+/m0/s1. The molecule has 0 bridgehead atoms. The van der Waals surface area contributed by atoms with Crippen molar-refractivity contribution in [2.75, 3.05) is 0 Å². The first-order chi connectivity index (χ1) is 17.2. The van der Waals surface area contributed by atoms with Gasteiger partial charge in [-0.25, -0.2) is 0 Å². The molecule has 4 saturated carbocycles. The Bertz CT molecular complexity index is 977. The van der Waals surface area contributed by atoms with Crippen LogP contribution in [0.1, 0.15) is 107 Å². The van der Waals surface area contributed by atoms with E-state index in [9.17, 15) is 14.4 Å². The third-order valence-electron chi connectivity index (χ3n) is 12.8. The van der Waals surface area contributed by atoms with Gasteiger partial charge in [-0.3, -0.25) is 14.4 Å². The first-order valence-electron chi connectivity index (χ1n) is 14.8. The van der Waals surface area contributed by atoms with Crippen LogP contribution in [-0.2, 0) is 28.6 Å². The Morgan fingerprint density at radius 2 is 1.57 bits per heavy atom. The highest BCUT2D eigenvalue weighted by Crippen LogP contribution is 2.75. The van der Waals surface area contributed by atoms with Crippen molar-refractivity contribution < 1.29 is 28.6 Å². The van der Waals surface area contributed by atoms with Crippen molar-refractivity contribution in [2.45, 2.75) is 125 Å². The van der Waals surface area contributed by atoms with Crippen LogP contribution in [0, 0.1) is 51.2 Å². The van der Waals surface area contributed by atoms with Gasteiger partial charge in [0.25, 0.3) is 0 Å². The van der Waals surface area contributed by atoms with E-state index in [1.54, 1.807) is 0 Å². The van der Waals surface area contributed by atoms with E-state index in [0.717, 1.165) is 12.8 Å². The lowest BCUT2D eigenvalue weighted by atomic mass is 9.33. The zero-order valence-electron chi connectivity index (χ0n) is 24.2. The Morgan fingerprint density at radius 3 is 2.19 bits per heavy atom. The third kappa shape index (κ3) is 3.66. The molecule has 6 nitrogen and oxygen atoms in total. The Morgan fingerprint density at radius 1 is 0.919 bits per heavy atom. The van der Waals surface area contributed by atoms with E-state index in [-0.39, 0.29) is 58.9 Å². The fraction of sp³-hybridized carbons (Fsp3) is 0.903. The van der Waals surface area contributed by atoms with Gasteiger partial charge in [-0.15, -0.1) is 0 Å². The lowest BCUT2D eigenvalue weighted by Gasteiger charge is -2.71. The highest BCUT2D eigenvalue weighted by Gasteiger charge is 2.74. The lowest BCUT2D eigenvalue weighted by Crippen LogP contribution is -2.69. The molecule has 6 heteroatoms. The molecular weight excluding hydrogens is 468 g/mol. The van der Waals surface area contributed by atoms with Crippen LogP contribution < -0.4 is 0 Å². The van der Waals surface area contributed by atoms with Gasteiger partial charge in [-0.1, -0.05) is 47.5 Å². The van der Waals surface area contributed by atoms with E-state index in [4.69, 9.17) is 14.2 Å². The van der Waals surface area contributed by atoms with E-state index in [1.165, 1.54) is 46.0 Å². The van der Waals surface area contributed by atoms with Gasteiger partial charge in [-0.05, 0) is 79.4 Å². The van der Waals surface area contributed by atoms with Gasteiger partial charge >= 0.3 is 17.9 Å². The summed E-state index contributed by atoms with van der Waals surface area (Å²) in [5.41, 5.74) is -0.133. The smallest absolute Gasteiger partial charge is 0.310 e. The summed E-state index contributed by atoms with van der Waals surface area (Å²) in [5.74, 6) is -0.406. The molecule has 1 unspecified atom stereocenters. The summed E-state index contributed by atoms with van der Waals surface area (Å²) < 4.78 is 18.0. The highest BCUT2D eigenvalue weighted by molar-refractivity contribution is 5.77. The molecule has 0 aromatic carbocycles. The highest BCUT2D eigenvalue weighted by atomic mass is 16.6. The molecule has 5 aliphatic rings. The van der Waals surface area contributed by atoms with Crippen molar-refractivity contribution >= 4 is 17.9 Å². The first kappa shape index (κ1) is 27.0. The van der Waals surface area contributed by atoms with Crippen LogP contribution in [0.25, 0.3) is 0 Å². The van der Waals surface area contributed by atoms with E-state index in [0.29, 0.717) is 23.7 Å². The second-order valence-electron chi connectivity index (χ2n) is 14.3. The molecule has 0 spiro atoms. The molecule has 1 heterocycles. The summed E-state index contributed by atoms with van der Waals surface area (Å²) in [5, 5.41) is 0. The number of cyclic esters (lactones) is 1. The summed E-state index contributed by atoms with van der Waals surface area (Å²) in [4.78, 5) is 38.3. The molecule has 0 aromatic rings. The SMILES string of the molecule is CC[C@@]1(C)CCC[C@]2(C)[C@H]3C[C@H](OC(C)=O)[C@]4(C)[C@H]5C(=O)OC(C)[C@@H]5[C@@H](OC(C)=O)C[C@H]4[C@]3(C)CC[C@@H]12. The molecule has 5 rings (SSSR count). The molecule has 1 saturated heterocycles. The maximum absolute atomic E-state index is 13.5. The van der Waals surface area contributed by atoms with Gasteiger partial charge in [0.1, 0.15) is 18.3 Å². The molecule has 4 aliphatic carbocycles. The van der Waals surface area contributed by atoms with Gasteiger partial charge in [-0.2, -0.15) is 0 Å². The van der Waals surface area contributed by atoms with Crippen molar-refractivity contribution in [1.29, 1.82) is 0 Å².